The zero-order valence-electron chi connectivity index (χ0n) is 8.51. The van der Waals surface area contributed by atoms with Crippen LogP contribution in [0.5, 0.6) is 0 Å². The van der Waals surface area contributed by atoms with E-state index in [-0.39, 0.29) is 104 Å². The molecule has 0 rings (SSSR count). The molecule has 0 saturated heterocycles. The van der Waals surface area contributed by atoms with E-state index < -0.39 is 18.3 Å². The Bertz CT molecular complexity index is 124. The fourth-order valence-corrected chi connectivity index (χ4v) is 0. The van der Waals surface area contributed by atoms with Crippen LogP contribution in [0.4, 0.5) is 9.59 Å². The second kappa shape index (κ2) is 29.5. The Labute approximate surface area is 166 Å². The first-order valence-electron chi connectivity index (χ1n) is 2.15. The van der Waals surface area contributed by atoms with Crippen LogP contribution >= 0.6 is 0 Å². The van der Waals surface area contributed by atoms with E-state index in [0.717, 1.165) is 6.92 Å². The van der Waals surface area contributed by atoms with Gasteiger partial charge in [-0.25, -0.2) is 0 Å². The average molecular weight is 266 g/mol. The van der Waals surface area contributed by atoms with Gasteiger partial charge in [0, 0.05) is 5.97 Å². The Morgan fingerprint density at radius 3 is 1.00 bits per heavy atom. The molecule has 0 bridgehead atoms. The minimum atomic E-state index is -2.33. The van der Waals surface area contributed by atoms with Gasteiger partial charge in [-0.3, -0.25) is 0 Å². The van der Waals surface area contributed by atoms with E-state index in [1.54, 1.807) is 0 Å². The summed E-state index contributed by atoms with van der Waals surface area (Å²) < 4.78 is 0. The maximum absolute atomic E-state index is 8.89. The van der Waals surface area contributed by atoms with Crippen molar-refractivity contribution in [3.8, 4) is 0 Å². The van der Waals surface area contributed by atoms with E-state index in [1.165, 1.54) is 0 Å². The van der Waals surface area contributed by atoms with Crippen LogP contribution in [0.3, 0.4) is 0 Å². The molecule has 8 nitrogen and oxygen atoms in total. The van der Waals surface area contributed by atoms with Crippen LogP contribution in [0.2, 0.25) is 0 Å². The molecule has 0 aliphatic carbocycles. The quantitative estimate of drug-likeness (QED) is 0.422. The number of carbonyl (C=O) groups excluding carboxylic acids is 2. The molecule has 0 fully saturated rings. The molecule has 0 spiro atoms. The monoisotopic (exact) mass is 266 g/mol. The van der Waals surface area contributed by atoms with Crippen molar-refractivity contribution in [1.29, 1.82) is 0 Å². The standard InChI is InChI=1S/C2H4O2.2CH2O3.K.Mg.Na/c1-2(3)4;2*2-1(3)4;;;/h1H3,(H,3,4);2*(H2,2,3,4);;;/q;;;+1;+2;+1/p-4. The van der Waals surface area contributed by atoms with E-state index >= 15 is 0 Å². The molecule has 0 aliphatic heterocycles. The van der Waals surface area contributed by atoms with Crippen LogP contribution in [0, 0.1) is 0 Å². The minimum Gasteiger partial charge on any atom is -0.652 e. The fraction of sp³-hybridized carbons (Fsp3) is 0.250. The summed E-state index contributed by atoms with van der Waals surface area (Å²) in [5.74, 6) is -1.08. The second-order valence-electron chi connectivity index (χ2n) is 1.01. The molecule has 0 heterocycles. The van der Waals surface area contributed by atoms with Crippen molar-refractivity contribution in [3.63, 3.8) is 0 Å². The summed E-state index contributed by atoms with van der Waals surface area (Å²) in [7, 11) is 0. The number of hydrogen-bond acceptors (Lipinski definition) is 7. The maximum atomic E-state index is 8.89. The van der Waals surface area contributed by atoms with Gasteiger partial charge in [-0.1, -0.05) is 0 Å². The molecule has 72 valence electrons. The Balaban J connectivity index is -0.0000000184. The van der Waals surface area contributed by atoms with Crippen molar-refractivity contribution < 1.29 is 121 Å². The Kier molecular flexibility index (Phi) is 70.8. The van der Waals surface area contributed by atoms with E-state index in [2.05, 4.69) is 0 Å². The smallest absolute Gasteiger partial charge is 0.652 e. The Morgan fingerprint density at radius 2 is 1.00 bits per heavy atom. The number of hydrogen-bond donors (Lipinski definition) is 1. The van der Waals surface area contributed by atoms with Crippen molar-refractivity contribution in [2.24, 2.45) is 0 Å². The van der Waals surface area contributed by atoms with E-state index in [0.29, 0.717) is 0 Å². The Morgan fingerprint density at radius 1 is 1.00 bits per heavy atom. The topological polar surface area (TPSA) is 164 Å². The molecule has 0 saturated carbocycles. The molecule has 11 heteroatoms. The van der Waals surface area contributed by atoms with E-state index in [4.69, 9.17) is 39.9 Å². The largest absolute Gasteiger partial charge is 2.00 e. The van der Waals surface area contributed by atoms with Gasteiger partial charge in [-0.2, -0.15) is 0 Å². The van der Waals surface area contributed by atoms with Crippen LogP contribution in [-0.4, -0.2) is 46.4 Å². The molecule has 0 amide bonds. The first-order valence-corrected chi connectivity index (χ1v) is 2.15. The minimum absolute atomic E-state index is 0. The zero-order valence-corrected chi connectivity index (χ0v) is 15.0. The number of rotatable bonds is 0. The molecule has 0 aromatic rings. The van der Waals surface area contributed by atoms with Gasteiger partial charge in [0.05, 0.1) is 0 Å². The van der Waals surface area contributed by atoms with Crippen molar-refractivity contribution in [2.75, 3.05) is 0 Å². The van der Waals surface area contributed by atoms with Crippen LogP contribution in [0.1, 0.15) is 6.92 Å². The predicted octanol–water partition coefficient (Wildman–Crippen LogP) is -11.2. The number of aliphatic carboxylic acids is 1. The van der Waals surface area contributed by atoms with E-state index in [9.17, 15) is 0 Å². The van der Waals surface area contributed by atoms with Gasteiger partial charge in [0.15, 0.2) is 0 Å². The molecular formula is C4H4KMgNaO8. The number of carboxylic acids is 1. The third-order valence-electron chi connectivity index (χ3n) is 0. The Hall–Kier alpha value is 1.41. The SMILES string of the molecule is CC(=O)[O-].O=C([O-])O.O=C([O-])[O-].[K+].[Mg+2].[Na+]. The maximum Gasteiger partial charge on any atom is 2.00 e. The third-order valence-corrected chi connectivity index (χ3v) is 0. The molecule has 0 aromatic heterocycles. The van der Waals surface area contributed by atoms with Crippen LogP contribution in [-0.2, 0) is 4.79 Å². The van der Waals surface area contributed by atoms with E-state index in [1.807, 2.05) is 0 Å². The molecule has 0 unspecified atom stereocenters. The summed E-state index contributed by atoms with van der Waals surface area (Å²) in [6.45, 7) is 0.972. The molecule has 0 aromatic carbocycles. The van der Waals surface area contributed by atoms with Crippen molar-refractivity contribution >= 4 is 41.3 Å². The number of carboxylic acid groups (broad SMARTS) is 5. The summed E-state index contributed by atoms with van der Waals surface area (Å²) in [5.41, 5.74) is 0. The first kappa shape index (κ1) is 36.0. The van der Waals surface area contributed by atoms with Gasteiger partial charge in [-0.15, -0.1) is 0 Å². The molecule has 0 aliphatic rings. The van der Waals surface area contributed by atoms with Gasteiger partial charge in [0.1, 0.15) is 0 Å². The third kappa shape index (κ3) is 1390. The van der Waals surface area contributed by atoms with Crippen LogP contribution in [0.25, 0.3) is 0 Å². The zero-order chi connectivity index (χ0) is 10.7. The summed E-state index contributed by atoms with van der Waals surface area (Å²) in [4.78, 5) is 25.7. The molecular weight excluding hydrogens is 262 g/mol. The van der Waals surface area contributed by atoms with Crippen molar-refractivity contribution in [3.05, 3.63) is 0 Å². The van der Waals surface area contributed by atoms with Crippen molar-refractivity contribution in [2.45, 2.75) is 6.92 Å². The van der Waals surface area contributed by atoms with Gasteiger partial charge in [-0.05, 0) is 13.1 Å². The van der Waals surface area contributed by atoms with Crippen LogP contribution in [0.15, 0.2) is 0 Å². The number of carbonyl (C=O) groups is 3. The van der Waals surface area contributed by atoms with Crippen LogP contribution < -0.4 is 101 Å². The van der Waals surface area contributed by atoms with Gasteiger partial charge in [0.25, 0.3) is 0 Å². The molecule has 0 radical (unpaired) electrons. The van der Waals surface area contributed by atoms with Gasteiger partial charge >= 0.3 is 104 Å². The predicted molar refractivity (Wildman–Crippen MR) is 29.9 cm³/mol. The second-order valence-corrected chi connectivity index (χ2v) is 1.01. The molecule has 15 heavy (non-hydrogen) atoms. The van der Waals surface area contributed by atoms with Gasteiger partial charge < -0.3 is 39.9 Å². The molecule has 0 atom stereocenters. The summed E-state index contributed by atoms with van der Waals surface area (Å²) in [5, 5.41) is 40.9. The molecule has 1 N–H and O–H groups in total. The summed E-state index contributed by atoms with van der Waals surface area (Å²) in [6, 6.07) is 0. The summed E-state index contributed by atoms with van der Waals surface area (Å²) in [6.07, 6.45) is -4.42. The normalized spacial score (nSPS) is 4.87. The fourth-order valence-electron chi connectivity index (χ4n) is 0. The van der Waals surface area contributed by atoms with Gasteiger partial charge in [0.2, 0.25) is 6.16 Å². The first-order chi connectivity index (χ1) is 5.20. The summed E-state index contributed by atoms with van der Waals surface area (Å²) >= 11 is 0. The van der Waals surface area contributed by atoms with Crippen molar-refractivity contribution in [1.82, 2.24) is 0 Å². The average Bonchev–Trinajstić information content (AvgIpc) is 1.54.